The highest BCUT2D eigenvalue weighted by molar-refractivity contribution is 5.75. The van der Waals surface area contributed by atoms with Crippen LogP contribution < -0.4 is 4.74 Å². The Kier molecular flexibility index (Phi) is 5.96. The molecule has 2 heterocycles. The summed E-state index contributed by atoms with van der Waals surface area (Å²) in [6, 6.07) is 16.8. The molecule has 2 aromatic carbocycles. The molecule has 0 N–H and O–H groups in total. The first-order chi connectivity index (χ1) is 13.7. The van der Waals surface area contributed by atoms with Crippen molar-refractivity contribution in [3.63, 3.8) is 0 Å². The fraction of sp³-hybridized carbons (Fsp3) is 0.458. The van der Waals surface area contributed by atoms with Gasteiger partial charge in [0.05, 0.1) is 24.7 Å². The molecule has 4 heteroatoms. The minimum atomic E-state index is 0.853. The van der Waals surface area contributed by atoms with Gasteiger partial charge in [-0.2, -0.15) is 0 Å². The minimum absolute atomic E-state index is 0.853. The van der Waals surface area contributed by atoms with Gasteiger partial charge in [-0.05, 0) is 68.5 Å². The zero-order valence-electron chi connectivity index (χ0n) is 17.1. The van der Waals surface area contributed by atoms with Crippen LogP contribution in [0.3, 0.4) is 0 Å². The van der Waals surface area contributed by atoms with Crippen molar-refractivity contribution in [3.8, 4) is 5.75 Å². The van der Waals surface area contributed by atoms with Gasteiger partial charge < -0.3 is 9.30 Å². The zero-order valence-corrected chi connectivity index (χ0v) is 17.1. The molecule has 1 aromatic heterocycles. The Balaban J connectivity index is 1.25. The minimum Gasteiger partial charge on any atom is -0.496 e. The first kappa shape index (κ1) is 19.0. The lowest BCUT2D eigenvalue weighted by Gasteiger charge is -2.31. The van der Waals surface area contributed by atoms with Gasteiger partial charge in [-0.25, -0.2) is 4.98 Å². The van der Waals surface area contributed by atoms with Crippen molar-refractivity contribution in [2.24, 2.45) is 13.0 Å². The summed E-state index contributed by atoms with van der Waals surface area (Å²) in [5.74, 6) is 3.06. The third-order valence-electron chi connectivity index (χ3n) is 6.20. The molecule has 0 atom stereocenters. The van der Waals surface area contributed by atoms with Crippen LogP contribution in [0.2, 0.25) is 0 Å². The molecule has 3 aromatic rings. The van der Waals surface area contributed by atoms with Gasteiger partial charge in [-0.1, -0.05) is 36.8 Å². The van der Waals surface area contributed by atoms with Crippen LogP contribution >= 0.6 is 0 Å². The fourth-order valence-electron chi connectivity index (χ4n) is 4.46. The standard InChI is InChI=1S/C24H31N3O/c1-26-22-12-5-4-11-21(22)25-24(26)18-27-16-14-19(15-17-27)8-7-10-20-9-3-6-13-23(20)28-2/h3-6,9,11-13,19H,7-8,10,14-18H2,1-2H3. The number of fused-ring (bicyclic) bond motifs is 1. The van der Waals surface area contributed by atoms with Crippen LogP contribution in [0.15, 0.2) is 48.5 Å². The topological polar surface area (TPSA) is 30.3 Å². The lowest BCUT2D eigenvalue weighted by atomic mass is 9.90. The Morgan fingerprint density at radius 2 is 1.79 bits per heavy atom. The van der Waals surface area contributed by atoms with E-state index in [0.29, 0.717) is 0 Å². The first-order valence-corrected chi connectivity index (χ1v) is 10.5. The second kappa shape index (κ2) is 8.78. The third-order valence-corrected chi connectivity index (χ3v) is 6.20. The molecule has 1 fully saturated rings. The average molecular weight is 378 g/mol. The van der Waals surface area contributed by atoms with Crippen molar-refractivity contribution in [1.29, 1.82) is 0 Å². The highest BCUT2D eigenvalue weighted by Crippen LogP contribution is 2.26. The maximum Gasteiger partial charge on any atom is 0.123 e. The SMILES string of the molecule is COc1ccccc1CCCC1CCN(Cc2nc3ccccc3n2C)CC1. The maximum atomic E-state index is 5.48. The van der Waals surface area contributed by atoms with E-state index in [1.165, 1.54) is 55.7 Å². The monoisotopic (exact) mass is 377 g/mol. The molecule has 1 saturated heterocycles. The molecule has 0 aliphatic carbocycles. The number of likely N-dealkylation sites (tertiary alicyclic amines) is 1. The summed E-state index contributed by atoms with van der Waals surface area (Å²) in [6.07, 6.45) is 6.28. The lowest BCUT2D eigenvalue weighted by molar-refractivity contribution is 0.166. The average Bonchev–Trinajstić information content (AvgIpc) is 3.05. The van der Waals surface area contributed by atoms with Gasteiger partial charge in [0, 0.05) is 7.05 Å². The molecule has 0 amide bonds. The second-order valence-electron chi connectivity index (χ2n) is 8.00. The van der Waals surface area contributed by atoms with Gasteiger partial charge in [0.1, 0.15) is 11.6 Å². The Hall–Kier alpha value is -2.33. The number of hydrogen-bond acceptors (Lipinski definition) is 3. The number of piperidine rings is 1. The second-order valence-corrected chi connectivity index (χ2v) is 8.00. The van der Waals surface area contributed by atoms with Crippen LogP contribution in [-0.4, -0.2) is 34.7 Å². The van der Waals surface area contributed by atoms with Crippen LogP contribution in [0.1, 0.15) is 37.1 Å². The summed E-state index contributed by atoms with van der Waals surface area (Å²) >= 11 is 0. The number of benzene rings is 2. The molecule has 0 spiro atoms. The third kappa shape index (κ3) is 4.22. The van der Waals surface area contributed by atoms with Gasteiger partial charge in [0.2, 0.25) is 0 Å². The molecule has 28 heavy (non-hydrogen) atoms. The van der Waals surface area contributed by atoms with Gasteiger partial charge in [-0.15, -0.1) is 0 Å². The molecule has 4 rings (SSSR count). The summed E-state index contributed by atoms with van der Waals surface area (Å²) in [5, 5.41) is 0. The quantitative estimate of drug-likeness (QED) is 0.591. The number of rotatable bonds is 7. The number of para-hydroxylation sites is 3. The highest BCUT2D eigenvalue weighted by Gasteiger charge is 2.20. The number of nitrogens with zero attached hydrogens (tertiary/aromatic N) is 3. The summed E-state index contributed by atoms with van der Waals surface area (Å²) in [4.78, 5) is 7.40. The molecule has 0 bridgehead atoms. The number of ether oxygens (including phenoxy) is 1. The smallest absolute Gasteiger partial charge is 0.123 e. The van der Waals surface area contributed by atoms with E-state index in [1.54, 1.807) is 7.11 Å². The maximum absolute atomic E-state index is 5.48. The molecule has 148 valence electrons. The van der Waals surface area contributed by atoms with Crippen LogP contribution in [0.5, 0.6) is 5.75 Å². The number of methoxy groups -OCH3 is 1. The number of hydrogen-bond donors (Lipinski definition) is 0. The molecular formula is C24H31N3O. The summed E-state index contributed by atoms with van der Waals surface area (Å²) in [5.41, 5.74) is 3.67. The van der Waals surface area contributed by atoms with E-state index in [-0.39, 0.29) is 0 Å². The molecule has 0 unspecified atom stereocenters. The molecule has 0 saturated carbocycles. The fourth-order valence-corrected chi connectivity index (χ4v) is 4.46. The van der Waals surface area contributed by atoms with Gasteiger partial charge >= 0.3 is 0 Å². The molecule has 4 nitrogen and oxygen atoms in total. The van der Waals surface area contributed by atoms with Gasteiger partial charge in [0.15, 0.2) is 0 Å². The predicted octanol–water partition coefficient (Wildman–Crippen LogP) is 4.82. The lowest BCUT2D eigenvalue weighted by Crippen LogP contribution is -2.34. The van der Waals surface area contributed by atoms with Crippen molar-refractivity contribution in [2.45, 2.75) is 38.6 Å². The van der Waals surface area contributed by atoms with Crippen LogP contribution in [-0.2, 0) is 20.0 Å². The summed E-state index contributed by atoms with van der Waals surface area (Å²) in [6.45, 7) is 3.32. The van der Waals surface area contributed by atoms with E-state index in [0.717, 1.165) is 30.1 Å². The van der Waals surface area contributed by atoms with E-state index >= 15 is 0 Å². The molecule has 1 aliphatic rings. The first-order valence-electron chi connectivity index (χ1n) is 10.5. The highest BCUT2D eigenvalue weighted by atomic mass is 16.5. The van der Waals surface area contributed by atoms with Crippen LogP contribution in [0, 0.1) is 5.92 Å². The zero-order chi connectivity index (χ0) is 19.3. The van der Waals surface area contributed by atoms with Crippen molar-refractivity contribution >= 4 is 11.0 Å². The Labute approximate surface area is 168 Å². The van der Waals surface area contributed by atoms with E-state index in [4.69, 9.17) is 9.72 Å². The van der Waals surface area contributed by atoms with E-state index in [2.05, 4.69) is 59.0 Å². The largest absolute Gasteiger partial charge is 0.496 e. The molecule has 0 radical (unpaired) electrons. The molecule has 1 aliphatic heterocycles. The van der Waals surface area contributed by atoms with Crippen molar-refractivity contribution in [1.82, 2.24) is 14.5 Å². The van der Waals surface area contributed by atoms with E-state index < -0.39 is 0 Å². The van der Waals surface area contributed by atoms with Gasteiger partial charge in [-0.3, -0.25) is 4.90 Å². The summed E-state index contributed by atoms with van der Waals surface area (Å²) in [7, 11) is 3.90. The van der Waals surface area contributed by atoms with Crippen molar-refractivity contribution < 1.29 is 4.74 Å². The predicted molar refractivity (Wildman–Crippen MR) is 115 cm³/mol. The molecular weight excluding hydrogens is 346 g/mol. The van der Waals surface area contributed by atoms with E-state index in [9.17, 15) is 0 Å². The van der Waals surface area contributed by atoms with Crippen LogP contribution in [0.25, 0.3) is 11.0 Å². The Morgan fingerprint density at radius 1 is 1.04 bits per heavy atom. The summed E-state index contributed by atoms with van der Waals surface area (Å²) < 4.78 is 7.72. The normalized spacial score (nSPS) is 15.9. The number of imidazole rings is 1. The van der Waals surface area contributed by atoms with E-state index in [1.807, 2.05) is 6.07 Å². The van der Waals surface area contributed by atoms with Crippen molar-refractivity contribution in [3.05, 3.63) is 59.9 Å². The Bertz CT molecular complexity index is 909. The van der Waals surface area contributed by atoms with Crippen molar-refractivity contribution in [2.75, 3.05) is 20.2 Å². The number of aromatic nitrogens is 2. The Morgan fingerprint density at radius 3 is 2.57 bits per heavy atom. The number of aryl methyl sites for hydroxylation is 2. The van der Waals surface area contributed by atoms with Crippen LogP contribution in [0.4, 0.5) is 0 Å². The van der Waals surface area contributed by atoms with Gasteiger partial charge in [0.25, 0.3) is 0 Å².